The van der Waals surface area contributed by atoms with Gasteiger partial charge in [-0.15, -0.1) is 0 Å². The molecule has 1 saturated carbocycles. The summed E-state index contributed by atoms with van der Waals surface area (Å²) in [6.07, 6.45) is 6.45. The first-order valence-corrected chi connectivity index (χ1v) is 8.11. The van der Waals surface area contributed by atoms with Gasteiger partial charge in [0.15, 0.2) is 0 Å². The van der Waals surface area contributed by atoms with Gasteiger partial charge >= 0.3 is 0 Å². The largest absolute Gasteiger partial charge is 0.299 e. The van der Waals surface area contributed by atoms with Crippen LogP contribution in [0.4, 0.5) is 0 Å². The number of carbonyl (C=O) groups excluding carboxylic acids is 1. The number of hydrogen-bond donors (Lipinski definition) is 0. The smallest absolute Gasteiger partial charge is 0.138 e. The number of rotatable bonds is 2. The van der Waals surface area contributed by atoms with E-state index in [1.807, 2.05) is 19.9 Å². The van der Waals surface area contributed by atoms with Crippen LogP contribution in [0.3, 0.4) is 0 Å². The molecule has 1 aliphatic heterocycles. The molecule has 2 bridgehead atoms. The lowest BCUT2D eigenvalue weighted by atomic mass is 9.82. The van der Waals surface area contributed by atoms with Gasteiger partial charge in [0.25, 0.3) is 0 Å². The zero-order chi connectivity index (χ0) is 15.7. The Bertz CT molecular complexity index is 575. The van der Waals surface area contributed by atoms with Crippen LogP contribution in [-0.4, -0.2) is 17.5 Å². The second-order valence-electron chi connectivity index (χ2n) is 6.88. The van der Waals surface area contributed by atoms with Crippen molar-refractivity contribution in [3.63, 3.8) is 0 Å². The molecule has 4 atom stereocenters. The predicted octanol–water partition coefficient (Wildman–Crippen LogP) is 4.10. The molecule has 2 fully saturated rings. The highest BCUT2D eigenvalue weighted by molar-refractivity contribution is 5.82. The molecule has 1 aliphatic carbocycles. The molecular formula is C19H24O3. The molecule has 1 aromatic carbocycles. The lowest BCUT2D eigenvalue weighted by Gasteiger charge is -2.34. The molecular weight excluding hydrogens is 276 g/mol. The summed E-state index contributed by atoms with van der Waals surface area (Å²) in [5.74, 6) is 0.415. The minimum atomic E-state index is -0.546. The molecule has 1 saturated heterocycles. The Kier molecular flexibility index (Phi) is 4.20. The first kappa shape index (κ1) is 15.4. The quantitative estimate of drug-likeness (QED) is 0.771. The van der Waals surface area contributed by atoms with Crippen molar-refractivity contribution in [3.8, 4) is 0 Å². The maximum atomic E-state index is 12.3. The summed E-state index contributed by atoms with van der Waals surface area (Å²) in [7, 11) is 0. The van der Waals surface area contributed by atoms with Gasteiger partial charge in [0.05, 0.1) is 0 Å². The highest BCUT2D eigenvalue weighted by Crippen LogP contribution is 2.40. The monoisotopic (exact) mass is 300 g/mol. The van der Waals surface area contributed by atoms with E-state index in [4.69, 9.17) is 9.78 Å². The van der Waals surface area contributed by atoms with Crippen LogP contribution < -0.4 is 0 Å². The summed E-state index contributed by atoms with van der Waals surface area (Å²) in [4.78, 5) is 23.7. The van der Waals surface area contributed by atoms with Gasteiger partial charge in [-0.3, -0.25) is 4.79 Å². The minimum absolute atomic E-state index is 0.0596. The van der Waals surface area contributed by atoms with Gasteiger partial charge in [-0.05, 0) is 38.3 Å². The minimum Gasteiger partial charge on any atom is -0.299 e. The van der Waals surface area contributed by atoms with E-state index < -0.39 is 5.60 Å². The zero-order valence-electron chi connectivity index (χ0n) is 13.5. The van der Waals surface area contributed by atoms with Crippen LogP contribution in [0, 0.1) is 18.8 Å². The number of Topliss-reactive ketones (excluding diaryl/α,β-unsaturated/α-hetero) is 1. The standard InChI is InChI=1S/C19H24O3/c1-13-4-6-15(7-5-13)10-11-19(3)16-8-9-18(21-22-19)14(2)17(20)12-16/h4-7,10-11,14,16,18H,8-9,12H2,1-3H3/t14-,16-,18+,19+/m1/s1. The number of carbonyl (C=O) groups is 1. The Morgan fingerprint density at radius 3 is 2.68 bits per heavy atom. The number of aryl methyl sites for hydroxylation is 1. The predicted molar refractivity (Wildman–Crippen MR) is 86.1 cm³/mol. The molecule has 2 aliphatic rings. The number of benzene rings is 1. The molecule has 0 spiro atoms. The fourth-order valence-electron chi connectivity index (χ4n) is 3.31. The van der Waals surface area contributed by atoms with E-state index in [9.17, 15) is 4.79 Å². The third-order valence-corrected chi connectivity index (χ3v) is 5.16. The van der Waals surface area contributed by atoms with E-state index in [2.05, 4.69) is 37.3 Å². The molecule has 0 aromatic heterocycles. The van der Waals surface area contributed by atoms with Crippen LogP contribution >= 0.6 is 0 Å². The second kappa shape index (κ2) is 5.98. The van der Waals surface area contributed by atoms with Gasteiger partial charge in [-0.25, -0.2) is 9.78 Å². The molecule has 0 radical (unpaired) electrons. The van der Waals surface area contributed by atoms with Crippen molar-refractivity contribution >= 4 is 11.9 Å². The van der Waals surface area contributed by atoms with E-state index in [1.165, 1.54) is 5.56 Å². The Morgan fingerprint density at radius 2 is 1.95 bits per heavy atom. The lowest BCUT2D eigenvalue weighted by Crippen LogP contribution is -2.40. The van der Waals surface area contributed by atoms with Crippen LogP contribution in [0.25, 0.3) is 6.08 Å². The summed E-state index contributed by atoms with van der Waals surface area (Å²) < 4.78 is 0. The SMILES string of the molecule is Cc1ccc(C=C[C@]2(C)OO[C@H]3CC[C@@H]2CC(=O)[C@H]3C)cc1. The average Bonchev–Trinajstić information content (AvgIpc) is 2.75. The highest BCUT2D eigenvalue weighted by Gasteiger charge is 2.45. The third-order valence-electron chi connectivity index (χ3n) is 5.16. The Morgan fingerprint density at radius 1 is 1.23 bits per heavy atom. The lowest BCUT2D eigenvalue weighted by molar-refractivity contribution is -0.376. The molecule has 0 N–H and O–H groups in total. The highest BCUT2D eigenvalue weighted by atomic mass is 17.2. The van der Waals surface area contributed by atoms with Crippen molar-refractivity contribution in [2.45, 2.75) is 51.7 Å². The van der Waals surface area contributed by atoms with Gasteiger partial charge in [0.2, 0.25) is 0 Å². The van der Waals surface area contributed by atoms with E-state index in [-0.39, 0.29) is 17.9 Å². The van der Waals surface area contributed by atoms with Crippen LogP contribution in [0.15, 0.2) is 30.3 Å². The first-order valence-electron chi connectivity index (χ1n) is 8.11. The van der Waals surface area contributed by atoms with E-state index in [1.54, 1.807) is 0 Å². The molecule has 0 amide bonds. The van der Waals surface area contributed by atoms with Crippen LogP contribution in [0.2, 0.25) is 0 Å². The second-order valence-corrected chi connectivity index (χ2v) is 6.88. The molecule has 0 unspecified atom stereocenters. The first-order chi connectivity index (χ1) is 10.5. The average molecular weight is 300 g/mol. The van der Waals surface area contributed by atoms with Gasteiger partial charge in [-0.2, -0.15) is 0 Å². The van der Waals surface area contributed by atoms with Gasteiger partial charge in [-0.1, -0.05) is 42.8 Å². The van der Waals surface area contributed by atoms with Gasteiger partial charge in [0, 0.05) is 18.3 Å². The number of fused-ring (bicyclic) bond motifs is 3. The van der Waals surface area contributed by atoms with E-state index >= 15 is 0 Å². The molecule has 22 heavy (non-hydrogen) atoms. The molecule has 1 heterocycles. The van der Waals surface area contributed by atoms with Crippen LogP contribution in [-0.2, 0) is 14.6 Å². The van der Waals surface area contributed by atoms with Gasteiger partial charge in [0.1, 0.15) is 17.5 Å². The summed E-state index contributed by atoms with van der Waals surface area (Å²) in [6.45, 7) is 6.05. The number of hydrogen-bond acceptors (Lipinski definition) is 3. The Hall–Kier alpha value is -1.45. The summed E-state index contributed by atoms with van der Waals surface area (Å²) >= 11 is 0. The van der Waals surface area contributed by atoms with E-state index in [0.29, 0.717) is 12.2 Å². The summed E-state index contributed by atoms with van der Waals surface area (Å²) in [5, 5.41) is 0. The van der Waals surface area contributed by atoms with Crippen molar-refractivity contribution in [3.05, 3.63) is 41.5 Å². The maximum Gasteiger partial charge on any atom is 0.138 e. The van der Waals surface area contributed by atoms with Crippen molar-refractivity contribution < 1.29 is 14.6 Å². The van der Waals surface area contributed by atoms with Crippen molar-refractivity contribution in [1.29, 1.82) is 0 Å². The van der Waals surface area contributed by atoms with Crippen molar-refractivity contribution in [1.82, 2.24) is 0 Å². The summed E-state index contributed by atoms with van der Waals surface area (Å²) in [6, 6.07) is 8.36. The fraction of sp³-hybridized carbons (Fsp3) is 0.526. The van der Waals surface area contributed by atoms with Crippen LogP contribution in [0.5, 0.6) is 0 Å². The molecule has 3 rings (SSSR count). The van der Waals surface area contributed by atoms with E-state index in [0.717, 1.165) is 18.4 Å². The normalized spacial score (nSPS) is 35.6. The fourth-order valence-corrected chi connectivity index (χ4v) is 3.31. The summed E-state index contributed by atoms with van der Waals surface area (Å²) in [5.41, 5.74) is 1.83. The molecule has 118 valence electrons. The topological polar surface area (TPSA) is 35.5 Å². The van der Waals surface area contributed by atoms with Crippen LogP contribution in [0.1, 0.15) is 44.2 Å². The van der Waals surface area contributed by atoms with Gasteiger partial charge < -0.3 is 0 Å². The van der Waals surface area contributed by atoms with Crippen molar-refractivity contribution in [2.75, 3.05) is 0 Å². The number of ketones is 1. The van der Waals surface area contributed by atoms with Crippen molar-refractivity contribution in [2.24, 2.45) is 11.8 Å². The maximum absolute atomic E-state index is 12.3. The Labute approximate surface area is 132 Å². The molecule has 3 heteroatoms. The molecule has 3 nitrogen and oxygen atoms in total. The molecule has 1 aromatic rings. The zero-order valence-corrected chi connectivity index (χ0v) is 13.5. The third kappa shape index (κ3) is 3.01. The Balaban J connectivity index is 1.82.